The molecule has 23 heavy (non-hydrogen) atoms. The number of nitrogens with zero attached hydrogens (tertiary/aromatic N) is 3. The van der Waals surface area contributed by atoms with Crippen LogP contribution in [-0.4, -0.2) is 26.4 Å². The van der Waals surface area contributed by atoms with Crippen LogP contribution in [0.15, 0.2) is 35.3 Å². The summed E-state index contributed by atoms with van der Waals surface area (Å²) in [5, 5.41) is 14.4. The van der Waals surface area contributed by atoms with Crippen molar-refractivity contribution in [3.8, 4) is 0 Å². The molecule has 0 spiro atoms. The molecule has 1 atom stereocenters. The first-order valence-corrected chi connectivity index (χ1v) is 9.55. The molecule has 2 aromatic rings. The number of nitrogens with one attached hydrogen (secondary N) is 1. The second-order valence-electron chi connectivity index (χ2n) is 5.61. The van der Waals surface area contributed by atoms with Crippen LogP contribution in [0.25, 0.3) is 0 Å². The van der Waals surface area contributed by atoms with Gasteiger partial charge in [0.05, 0.1) is 11.8 Å². The number of thiophene rings is 1. The topological polar surface area (TPSA) is 59.8 Å². The molecule has 1 aliphatic rings. The molecule has 2 heterocycles. The van der Waals surface area contributed by atoms with E-state index in [1.54, 1.807) is 11.3 Å². The smallest absolute Gasteiger partial charge is 0.230 e. The van der Waals surface area contributed by atoms with Gasteiger partial charge in [-0.25, -0.2) is 0 Å². The number of aromatic nitrogens is 3. The molecule has 1 aliphatic carbocycles. The van der Waals surface area contributed by atoms with Crippen molar-refractivity contribution in [2.24, 2.45) is 0 Å². The van der Waals surface area contributed by atoms with Crippen molar-refractivity contribution in [1.82, 2.24) is 20.1 Å². The SMILES string of the molecule is C=CCn1c(SCC(=O)NC(C)c2cccs2)nnc1C1CC1. The van der Waals surface area contributed by atoms with Crippen molar-refractivity contribution in [2.75, 3.05) is 5.75 Å². The highest BCUT2D eigenvalue weighted by molar-refractivity contribution is 7.99. The standard InChI is InChI=1S/C16H20N4OS2/c1-3-8-20-15(12-6-7-12)18-19-16(20)23-10-14(21)17-11(2)13-5-4-9-22-13/h3-5,9,11-12H,1,6-8,10H2,2H3,(H,17,21). The summed E-state index contributed by atoms with van der Waals surface area (Å²) in [6.07, 6.45) is 4.20. The number of hydrogen-bond donors (Lipinski definition) is 1. The number of amides is 1. The van der Waals surface area contributed by atoms with E-state index in [0.717, 1.165) is 15.9 Å². The van der Waals surface area contributed by atoms with Crippen LogP contribution in [-0.2, 0) is 11.3 Å². The van der Waals surface area contributed by atoms with Crippen LogP contribution in [0.5, 0.6) is 0 Å². The Kier molecular flexibility index (Phi) is 5.17. The summed E-state index contributed by atoms with van der Waals surface area (Å²) >= 11 is 3.08. The van der Waals surface area contributed by atoms with Crippen LogP contribution in [0.2, 0.25) is 0 Å². The summed E-state index contributed by atoms with van der Waals surface area (Å²) in [4.78, 5) is 13.3. The van der Waals surface area contributed by atoms with Gasteiger partial charge in [0, 0.05) is 17.3 Å². The van der Waals surface area contributed by atoms with Gasteiger partial charge in [0.2, 0.25) is 5.91 Å². The van der Waals surface area contributed by atoms with Crippen molar-refractivity contribution in [2.45, 2.75) is 43.4 Å². The summed E-state index contributed by atoms with van der Waals surface area (Å²) in [5.41, 5.74) is 0. The van der Waals surface area contributed by atoms with Crippen LogP contribution in [0.4, 0.5) is 0 Å². The number of carbonyl (C=O) groups excluding carboxylic acids is 1. The van der Waals surface area contributed by atoms with Gasteiger partial charge in [-0.3, -0.25) is 4.79 Å². The highest BCUT2D eigenvalue weighted by Crippen LogP contribution is 2.40. The number of rotatable bonds is 8. The van der Waals surface area contributed by atoms with E-state index in [4.69, 9.17) is 0 Å². The van der Waals surface area contributed by atoms with E-state index in [1.807, 2.05) is 30.5 Å². The highest BCUT2D eigenvalue weighted by Gasteiger charge is 2.30. The first kappa shape index (κ1) is 16.3. The van der Waals surface area contributed by atoms with Crippen molar-refractivity contribution in [3.63, 3.8) is 0 Å². The molecule has 0 aliphatic heterocycles. The Hall–Kier alpha value is -1.60. The molecule has 0 radical (unpaired) electrons. The number of allylic oxidation sites excluding steroid dienone is 1. The average Bonchev–Trinajstić information content (AvgIpc) is 3.08. The summed E-state index contributed by atoms with van der Waals surface area (Å²) in [7, 11) is 0. The van der Waals surface area contributed by atoms with E-state index >= 15 is 0 Å². The minimum atomic E-state index is 0.0111. The third-order valence-corrected chi connectivity index (χ3v) is 5.70. The van der Waals surface area contributed by atoms with E-state index < -0.39 is 0 Å². The van der Waals surface area contributed by atoms with E-state index in [9.17, 15) is 4.79 Å². The van der Waals surface area contributed by atoms with Crippen molar-refractivity contribution in [1.29, 1.82) is 0 Å². The molecule has 0 saturated heterocycles. The van der Waals surface area contributed by atoms with Gasteiger partial charge < -0.3 is 9.88 Å². The Morgan fingerprint density at radius 3 is 3.09 bits per heavy atom. The third kappa shape index (κ3) is 4.03. The maximum atomic E-state index is 12.1. The summed E-state index contributed by atoms with van der Waals surface area (Å²) < 4.78 is 2.07. The Morgan fingerprint density at radius 2 is 2.43 bits per heavy atom. The van der Waals surface area contributed by atoms with E-state index in [1.165, 1.54) is 24.6 Å². The minimum absolute atomic E-state index is 0.0111. The molecule has 1 N–H and O–H groups in total. The summed E-state index contributed by atoms with van der Waals surface area (Å²) in [6, 6.07) is 4.07. The molecule has 0 bridgehead atoms. The van der Waals surface area contributed by atoms with Gasteiger partial charge in [0.25, 0.3) is 0 Å². The van der Waals surface area contributed by atoms with Gasteiger partial charge in [-0.05, 0) is 31.2 Å². The molecule has 7 heteroatoms. The third-order valence-electron chi connectivity index (χ3n) is 3.68. The van der Waals surface area contributed by atoms with Crippen LogP contribution in [0.3, 0.4) is 0 Å². The van der Waals surface area contributed by atoms with E-state index in [-0.39, 0.29) is 11.9 Å². The zero-order valence-electron chi connectivity index (χ0n) is 13.1. The van der Waals surface area contributed by atoms with Crippen LogP contribution in [0.1, 0.15) is 42.4 Å². The molecule has 1 fully saturated rings. The van der Waals surface area contributed by atoms with Crippen molar-refractivity contribution >= 4 is 29.0 Å². The fourth-order valence-electron chi connectivity index (χ4n) is 2.37. The molecule has 0 aromatic carbocycles. The molecular formula is C16H20N4OS2. The van der Waals surface area contributed by atoms with E-state index in [2.05, 4.69) is 26.7 Å². The van der Waals surface area contributed by atoms with Crippen LogP contribution >= 0.6 is 23.1 Å². The zero-order valence-corrected chi connectivity index (χ0v) is 14.7. The number of thioether (sulfide) groups is 1. The Morgan fingerprint density at radius 1 is 1.61 bits per heavy atom. The summed E-state index contributed by atoms with van der Waals surface area (Å²) in [5.74, 6) is 1.91. The molecule has 122 valence electrons. The van der Waals surface area contributed by atoms with Gasteiger partial charge in [0.1, 0.15) is 5.82 Å². The second kappa shape index (κ2) is 7.31. The van der Waals surface area contributed by atoms with Crippen LogP contribution in [0, 0.1) is 0 Å². The molecule has 2 aromatic heterocycles. The molecule has 1 amide bonds. The lowest BCUT2D eigenvalue weighted by Gasteiger charge is -2.12. The molecule has 1 unspecified atom stereocenters. The predicted molar refractivity (Wildman–Crippen MR) is 93.8 cm³/mol. The lowest BCUT2D eigenvalue weighted by atomic mass is 10.3. The second-order valence-corrected chi connectivity index (χ2v) is 7.53. The molecule has 1 saturated carbocycles. The van der Waals surface area contributed by atoms with Gasteiger partial charge in [-0.15, -0.1) is 28.1 Å². The molecule has 3 rings (SSSR count). The fourth-order valence-corrected chi connectivity index (χ4v) is 3.87. The summed E-state index contributed by atoms with van der Waals surface area (Å²) in [6.45, 7) is 6.49. The van der Waals surface area contributed by atoms with Gasteiger partial charge in [-0.1, -0.05) is 23.9 Å². The minimum Gasteiger partial charge on any atom is -0.348 e. The first-order chi connectivity index (χ1) is 11.2. The largest absolute Gasteiger partial charge is 0.348 e. The van der Waals surface area contributed by atoms with Crippen LogP contribution < -0.4 is 5.32 Å². The zero-order chi connectivity index (χ0) is 16.2. The fraction of sp³-hybridized carbons (Fsp3) is 0.438. The number of hydrogen-bond acceptors (Lipinski definition) is 5. The Bertz CT molecular complexity index is 676. The average molecular weight is 348 g/mol. The number of carbonyl (C=O) groups is 1. The maximum Gasteiger partial charge on any atom is 0.230 e. The normalized spacial score (nSPS) is 15.3. The maximum absolute atomic E-state index is 12.1. The predicted octanol–water partition coefficient (Wildman–Crippen LogP) is 3.37. The van der Waals surface area contributed by atoms with Gasteiger partial charge in [0.15, 0.2) is 5.16 Å². The molecule has 5 nitrogen and oxygen atoms in total. The van der Waals surface area contributed by atoms with Gasteiger partial charge >= 0.3 is 0 Å². The monoisotopic (exact) mass is 348 g/mol. The van der Waals surface area contributed by atoms with Crippen molar-refractivity contribution < 1.29 is 4.79 Å². The van der Waals surface area contributed by atoms with E-state index in [0.29, 0.717) is 18.2 Å². The van der Waals surface area contributed by atoms with Gasteiger partial charge in [-0.2, -0.15) is 0 Å². The quantitative estimate of drug-likeness (QED) is 0.587. The Labute approximate surface area is 144 Å². The first-order valence-electron chi connectivity index (χ1n) is 7.68. The van der Waals surface area contributed by atoms with Crippen molar-refractivity contribution in [3.05, 3.63) is 40.9 Å². The lowest BCUT2D eigenvalue weighted by Crippen LogP contribution is -2.27. The lowest BCUT2D eigenvalue weighted by molar-refractivity contribution is -0.119. The molecular weight excluding hydrogens is 328 g/mol. The Balaban J connectivity index is 1.57. The highest BCUT2D eigenvalue weighted by atomic mass is 32.2.